The van der Waals surface area contributed by atoms with Gasteiger partial charge in [0.15, 0.2) is 0 Å². The highest BCUT2D eigenvalue weighted by atomic mass is 16.5. The third-order valence-corrected chi connectivity index (χ3v) is 2.90. The summed E-state index contributed by atoms with van der Waals surface area (Å²) >= 11 is 0. The quantitative estimate of drug-likeness (QED) is 0.542. The van der Waals surface area contributed by atoms with Gasteiger partial charge in [-0.3, -0.25) is 4.79 Å². The number of rotatable bonds is 2. The lowest BCUT2D eigenvalue weighted by molar-refractivity contribution is -0.130. The molecule has 3 rings (SSSR count). The standard InChI is InChI=1S/C8H11BO2/c1-7-3-8(4-7,5-11-7)6(10)2-9/h2-5H2,1H3. The molecule has 11 heavy (non-hydrogen) atoms. The zero-order chi connectivity index (χ0) is 8.11. The van der Waals surface area contributed by atoms with Crippen molar-refractivity contribution in [2.24, 2.45) is 5.41 Å². The lowest BCUT2D eigenvalue weighted by atomic mass is 9.59. The van der Waals surface area contributed by atoms with Crippen LogP contribution in [-0.2, 0) is 9.53 Å². The molecule has 0 aromatic heterocycles. The predicted octanol–water partition coefficient (Wildman–Crippen LogP) is 0.711. The summed E-state index contributed by atoms with van der Waals surface area (Å²) in [4.78, 5) is 11.3. The van der Waals surface area contributed by atoms with Crippen molar-refractivity contribution in [3.05, 3.63) is 0 Å². The zero-order valence-corrected chi connectivity index (χ0v) is 6.72. The average Bonchev–Trinajstić information content (AvgIpc) is 2.40. The summed E-state index contributed by atoms with van der Waals surface area (Å²) in [6.07, 6.45) is 1.94. The second-order valence-corrected chi connectivity index (χ2v) is 4.00. The first-order valence-corrected chi connectivity index (χ1v) is 3.98. The van der Waals surface area contributed by atoms with Crippen LogP contribution in [0.1, 0.15) is 19.8 Å². The van der Waals surface area contributed by atoms with Gasteiger partial charge in [0, 0.05) is 0 Å². The topological polar surface area (TPSA) is 26.3 Å². The molecule has 0 amide bonds. The van der Waals surface area contributed by atoms with Gasteiger partial charge in [-0.25, -0.2) is 0 Å². The summed E-state index contributed by atoms with van der Waals surface area (Å²) in [5, 5.41) is 0. The van der Waals surface area contributed by atoms with Crippen LogP contribution in [0.4, 0.5) is 0 Å². The lowest BCUT2D eigenvalue weighted by Crippen LogP contribution is -2.46. The molecule has 2 saturated heterocycles. The Kier molecular flexibility index (Phi) is 1.26. The molecule has 2 heterocycles. The number of ketones is 1. The molecule has 2 radical (unpaired) electrons. The van der Waals surface area contributed by atoms with E-state index in [9.17, 15) is 4.79 Å². The van der Waals surface area contributed by atoms with Crippen LogP contribution in [0.25, 0.3) is 0 Å². The van der Waals surface area contributed by atoms with Crippen molar-refractivity contribution in [1.82, 2.24) is 0 Å². The molecule has 0 atom stereocenters. The van der Waals surface area contributed by atoms with E-state index in [0.29, 0.717) is 6.61 Å². The minimum absolute atomic E-state index is 0.00479. The van der Waals surface area contributed by atoms with Crippen LogP contribution in [0.3, 0.4) is 0 Å². The Hall–Kier alpha value is -0.305. The molecule has 1 aliphatic carbocycles. The van der Waals surface area contributed by atoms with E-state index in [1.165, 1.54) is 0 Å². The number of carbonyl (C=O) groups excluding carboxylic acids is 1. The summed E-state index contributed by atoms with van der Waals surface area (Å²) in [7, 11) is 5.30. The van der Waals surface area contributed by atoms with E-state index in [-0.39, 0.29) is 23.1 Å². The zero-order valence-electron chi connectivity index (χ0n) is 6.72. The summed E-state index contributed by atoms with van der Waals surface area (Å²) in [5.74, 6) is 0.174. The molecule has 0 N–H and O–H groups in total. The molecular formula is C8H11BO2. The maximum Gasteiger partial charge on any atom is 0.133 e. The third kappa shape index (κ3) is 0.806. The first-order valence-electron chi connectivity index (χ1n) is 3.98. The van der Waals surface area contributed by atoms with Crippen LogP contribution in [-0.4, -0.2) is 25.8 Å². The fraction of sp³-hybridized carbons (Fsp3) is 0.875. The van der Waals surface area contributed by atoms with E-state index in [4.69, 9.17) is 12.6 Å². The second-order valence-electron chi connectivity index (χ2n) is 4.00. The van der Waals surface area contributed by atoms with Gasteiger partial charge in [0.2, 0.25) is 0 Å². The molecule has 0 aromatic carbocycles. The maximum absolute atomic E-state index is 11.3. The fourth-order valence-electron chi connectivity index (χ4n) is 2.39. The molecule has 58 valence electrons. The number of carbonyl (C=O) groups is 1. The Bertz CT molecular complexity index is 206. The third-order valence-electron chi connectivity index (χ3n) is 2.90. The van der Waals surface area contributed by atoms with E-state index in [0.717, 1.165) is 12.8 Å². The molecule has 3 fully saturated rings. The van der Waals surface area contributed by atoms with Crippen molar-refractivity contribution in [3.63, 3.8) is 0 Å². The molecule has 0 spiro atoms. The van der Waals surface area contributed by atoms with Gasteiger partial charge in [0.05, 0.1) is 25.5 Å². The highest BCUT2D eigenvalue weighted by Gasteiger charge is 2.62. The largest absolute Gasteiger partial charge is 0.374 e. The molecule has 2 bridgehead atoms. The monoisotopic (exact) mass is 150 g/mol. The first-order chi connectivity index (χ1) is 5.10. The molecule has 3 heteroatoms. The number of ether oxygens (including phenoxy) is 1. The van der Waals surface area contributed by atoms with Crippen molar-refractivity contribution in [1.29, 1.82) is 0 Å². The van der Waals surface area contributed by atoms with Crippen molar-refractivity contribution in [2.45, 2.75) is 31.7 Å². The summed E-state index contributed by atoms with van der Waals surface area (Å²) in [6, 6.07) is 0. The number of hydrogen-bond donors (Lipinski definition) is 0. The number of hydrogen-bond acceptors (Lipinski definition) is 2. The lowest BCUT2D eigenvalue weighted by Gasteiger charge is -2.41. The van der Waals surface area contributed by atoms with Crippen molar-refractivity contribution >= 4 is 13.6 Å². The number of Topliss-reactive ketones (excluding diaryl/α,β-unsaturated/α-hetero) is 1. The Balaban J connectivity index is 2.13. The summed E-state index contributed by atoms with van der Waals surface area (Å²) in [6.45, 7) is 2.65. The predicted molar refractivity (Wildman–Crippen MR) is 41.6 cm³/mol. The Morgan fingerprint density at radius 1 is 1.64 bits per heavy atom. The van der Waals surface area contributed by atoms with Crippen molar-refractivity contribution < 1.29 is 9.53 Å². The molecule has 3 aliphatic rings. The van der Waals surface area contributed by atoms with Crippen molar-refractivity contribution in [2.75, 3.05) is 6.61 Å². The van der Waals surface area contributed by atoms with Crippen LogP contribution in [0.5, 0.6) is 0 Å². The van der Waals surface area contributed by atoms with Crippen LogP contribution in [0, 0.1) is 5.41 Å². The van der Waals surface area contributed by atoms with E-state index in [1.54, 1.807) is 0 Å². The van der Waals surface area contributed by atoms with Gasteiger partial charge in [0.25, 0.3) is 0 Å². The van der Waals surface area contributed by atoms with Crippen LogP contribution < -0.4 is 0 Å². The Morgan fingerprint density at radius 3 is 2.64 bits per heavy atom. The number of fused-ring (bicyclic) bond motifs is 1. The van der Waals surface area contributed by atoms with Gasteiger partial charge < -0.3 is 4.74 Å². The highest BCUT2D eigenvalue weighted by molar-refractivity contribution is 6.21. The molecule has 2 aliphatic heterocycles. The normalized spacial score (nSPS) is 47.0. The minimum Gasteiger partial charge on any atom is -0.374 e. The molecule has 1 saturated carbocycles. The van der Waals surface area contributed by atoms with E-state index >= 15 is 0 Å². The minimum atomic E-state index is -0.177. The summed E-state index contributed by atoms with van der Waals surface area (Å²) < 4.78 is 5.46. The maximum atomic E-state index is 11.3. The van der Waals surface area contributed by atoms with Gasteiger partial charge in [-0.2, -0.15) is 0 Å². The SMILES string of the molecule is [B]CC(=O)C12COC(C)(C1)C2. The van der Waals surface area contributed by atoms with Gasteiger partial charge in [-0.15, -0.1) is 0 Å². The molecule has 0 aromatic rings. The molecular weight excluding hydrogens is 139 g/mol. The first kappa shape index (κ1) is 7.35. The highest BCUT2D eigenvalue weighted by Crippen LogP contribution is 2.58. The molecule has 2 nitrogen and oxygen atoms in total. The average molecular weight is 150 g/mol. The van der Waals surface area contributed by atoms with E-state index < -0.39 is 0 Å². The van der Waals surface area contributed by atoms with E-state index in [2.05, 4.69) is 6.92 Å². The van der Waals surface area contributed by atoms with Crippen LogP contribution >= 0.6 is 0 Å². The van der Waals surface area contributed by atoms with E-state index in [1.807, 2.05) is 0 Å². The van der Waals surface area contributed by atoms with Crippen LogP contribution in [0.2, 0.25) is 6.32 Å². The van der Waals surface area contributed by atoms with Gasteiger partial charge in [-0.1, -0.05) is 0 Å². The Labute approximate surface area is 67.7 Å². The Morgan fingerprint density at radius 2 is 2.27 bits per heavy atom. The smallest absolute Gasteiger partial charge is 0.133 e. The van der Waals surface area contributed by atoms with Gasteiger partial charge in [0.1, 0.15) is 5.78 Å². The van der Waals surface area contributed by atoms with Crippen molar-refractivity contribution in [3.8, 4) is 0 Å². The van der Waals surface area contributed by atoms with Gasteiger partial charge >= 0.3 is 0 Å². The second kappa shape index (κ2) is 1.89. The fourth-order valence-corrected chi connectivity index (χ4v) is 2.39. The molecule has 0 unspecified atom stereocenters. The van der Waals surface area contributed by atoms with Gasteiger partial charge in [-0.05, 0) is 26.1 Å². The summed E-state index contributed by atoms with van der Waals surface area (Å²) in [5.41, 5.74) is -0.172. The van der Waals surface area contributed by atoms with Crippen LogP contribution in [0.15, 0.2) is 0 Å².